The lowest BCUT2D eigenvalue weighted by atomic mass is 9.87. The third-order valence-corrected chi connectivity index (χ3v) is 4.52. The van der Waals surface area contributed by atoms with Crippen LogP contribution in [0, 0.1) is 25.2 Å². The number of amides is 1. The van der Waals surface area contributed by atoms with Gasteiger partial charge in [-0.05, 0) is 54.7 Å². The quantitative estimate of drug-likeness (QED) is 0.609. The molecular weight excluding hydrogens is 322 g/mol. The summed E-state index contributed by atoms with van der Waals surface area (Å²) in [6.07, 6.45) is 1.67. The van der Waals surface area contributed by atoms with Gasteiger partial charge in [0.1, 0.15) is 11.6 Å². The van der Waals surface area contributed by atoms with Crippen molar-refractivity contribution in [2.45, 2.75) is 40.0 Å². The second-order valence-electron chi connectivity index (χ2n) is 7.83. The largest absolute Gasteiger partial charge is 0.344 e. The normalized spacial score (nSPS) is 12.0. The van der Waals surface area contributed by atoms with Crippen molar-refractivity contribution in [2.75, 3.05) is 14.1 Å². The molecule has 0 unspecified atom stereocenters. The zero-order chi connectivity index (χ0) is 19.6. The highest BCUT2D eigenvalue weighted by molar-refractivity contribution is 6.01. The lowest BCUT2D eigenvalue weighted by Crippen LogP contribution is -2.22. The highest BCUT2D eigenvalue weighted by Gasteiger charge is 2.16. The highest BCUT2D eigenvalue weighted by atomic mass is 16.2. The van der Waals surface area contributed by atoms with Crippen molar-refractivity contribution < 1.29 is 4.79 Å². The molecule has 0 spiro atoms. The van der Waals surface area contributed by atoms with E-state index in [-0.39, 0.29) is 16.9 Å². The summed E-state index contributed by atoms with van der Waals surface area (Å²) in [5.41, 5.74) is 5.56. The number of aromatic nitrogens is 1. The molecule has 136 valence electrons. The van der Waals surface area contributed by atoms with Gasteiger partial charge in [-0.1, -0.05) is 32.9 Å². The van der Waals surface area contributed by atoms with Crippen LogP contribution in [-0.4, -0.2) is 29.5 Å². The van der Waals surface area contributed by atoms with Gasteiger partial charge in [0.2, 0.25) is 0 Å². The number of rotatable bonds is 3. The van der Waals surface area contributed by atoms with Crippen molar-refractivity contribution in [1.82, 2.24) is 9.47 Å². The second kappa shape index (κ2) is 7.21. The van der Waals surface area contributed by atoms with Crippen LogP contribution in [0.1, 0.15) is 43.3 Å². The molecule has 0 fully saturated rings. The maximum atomic E-state index is 12.1. The molecule has 0 N–H and O–H groups in total. The van der Waals surface area contributed by atoms with Gasteiger partial charge >= 0.3 is 0 Å². The maximum Gasteiger partial charge on any atom is 0.264 e. The van der Waals surface area contributed by atoms with E-state index in [0.29, 0.717) is 0 Å². The van der Waals surface area contributed by atoms with E-state index in [1.54, 1.807) is 20.2 Å². The fourth-order valence-electron chi connectivity index (χ4n) is 2.98. The van der Waals surface area contributed by atoms with Gasteiger partial charge in [0.15, 0.2) is 0 Å². The van der Waals surface area contributed by atoms with Crippen molar-refractivity contribution in [1.29, 1.82) is 5.26 Å². The SMILES string of the molecule is Cc1cc(C=C(C#N)C(=O)N(C)C)c(C)n1-c1ccc(C(C)(C)C)cc1. The molecule has 1 heterocycles. The number of benzene rings is 1. The average molecular weight is 349 g/mol. The molecule has 0 atom stereocenters. The van der Waals surface area contributed by atoms with E-state index in [9.17, 15) is 10.1 Å². The Labute approximate surface area is 156 Å². The smallest absolute Gasteiger partial charge is 0.264 e. The number of likely N-dealkylation sites (N-methyl/N-ethyl adjacent to an activating group) is 1. The monoisotopic (exact) mass is 349 g/mol. The van der Waals surface area contributed by atoms with E-state index >= 15 is 0 Å². The fourth-order valence-corrected chi connectivity index (χ4v) is 2.98. The summed E-state index contributed by atoms with van der Waals surface area (Å²) < 4.78 is 2.15. The molecule has 2 aromatic rings. The van der Waals surface area contributed by atoms with Crippen LogP contribution in [0.25, 0.3) is 11.8 Å². The van der Waals surface area contributed by atoms with Crippen LogP contribution in [0.4, 0.5) is 0 Å². The molecule has 0 saturated heterocycles. The lowest BCUT2D eigenvalue weighted by molar-refractivity contribution is -0.124. The van der Waals surface area contributed by atoms with E-state index in [2.05, 4.69) is 49.6 Å². The molecule has 4 heteroatoms. The number of carbonyl (C=O) groups excluding carboxylic acids is 1. The first-order chi connectivity index (χ1) is 12.1. The summed E-state index contributed by atoms with van der Waals surface area (Å²) in [6.45, 7) is 10.6. The zero-order valence-electron chi connectivity index (χ0n) is 16.7. The standard InChI is InChI=1S/C22H27N3O/c1-15-12-17(13-18(14-23)21(26)24(6)7)16(2)25(15)20-10-8-19(9-11-20)22(3,4)5/h8-13H,1-7H3. The van der Waals surface area contributed by atoms with Gasteiger partial charge in [-0.3, -0.25) is 4.79 Å². The summed E-state index contributed by atoms with van der Waals surface area (Å²) in [5.74, 6) is -0.285. The molecule has 2 rings (SSSR count). The van der Waals surface area contributed by atoms with E-state index in [1.807, 2.05) is 26.0 Å². The molecule has 1 aromatic carbocycles. The van der Waals surface area contributed by atoms with Gasteiger partial charge in [0.05, 0.1) is 0 Å². The molecule has 1 aromatic heterocycles. The van der Waals surface area contributed by atoms with Crippen LogP contribution in [0.3, 0.4) is 0 Å². The summed E-state index contributed by atoms with van der Waals surface area (Å²) >= 11 is 0. The molecule has 0 radical (unpaired) electrons. The molecule has 0 saturated carbocycles. The summed E-state index contributed by atoms with van der Waals surface area (Å²) in [4.78, 5) is 13.5. The molecule has 0 bridgehead atoms. The first kappa shape index (κ1) is 19.5. The minimum atomic E-state index is -0.285. The Morgan fingerprint density at radius 2 is 1.73 bits per heavy atom. The third-order valence-electron chi connectivity index (χ3n) is 4.52. The van der Waals surface area contributed by atoms with Crippen LogP contribution in [0.15, 0.2) is 35.9 Å². The number of nitriles is 1. The fraction of sp³-hybridized carbons (Fsp3) is 0.364. The van der Waals surface area contributed by atoms with Gasteiger partial charge < -0.3 is 9.47 Å². The van der Waals surface area contributed by atoms with Gasteiger partial charge in [-0.2, -0.15) is 5.26 Å². The zero-order valence-corrected chi connectivity index (χ0v) is 16.7. The second-order valence-corrected chi connectivity index (χ2v) is 7.83. The van der Waals surface area contributed by atoms with Crippen LogP contribution in [-0.2, 0) is 10.2 Å². The van der Waals surface area contributed by atoms with Crippen molar-refractivity contribution in [3.8, 4) is 11.8 Å². The highest BCUT2D eigenvalue weighted by Crippen LogP contribution is 2.26. The number of nitrogens with zero attached hydrogens (tertiary/aromatic N) is 3. The number of carbonyl (C=O) groups is 1. The van der Waals surface area contributed by atoms with Gasteiger partial charge in [-0.15, -0.1) is 0 Å². The van der Waals surface area contributed by atoms with Crippen molar-refractivity contribution >= 4 is 12.0 Å². The topological polar surface area (TPSA) is 49.0 Å². The maximum absolute atomic E-state index is 12.1. The van der Waals surface area contributed by atoms with Crippen LogP contribution >= 0.6 is 0 Å². The van der Waals surface area contributed by atoms with E-state index in [1.165, 1.54) is 10.5 Å². The Hall–Kier alpha value is -2.80. The van der Waals surface area contributed by atoms with Crippen molar-refractivity contribution in [3.05, 3.63) is 58.4 Å². The Balaban J connectivity index is 2.49. The van der Waals surface area contributed by atoms with Crippen LogP contribution in [0.5, 0.6) is 0 Å². The first-order valence-electron chi connectivity index (χ1n) is 8.69. The molecule has 0 aliphatic carbocycles. The summed E-state index contributed by atoms with van der Waals surface area (Å²) in [6, 6.07) is 12.6. The van der Waals surface area contributed by atoms with Crippen molar-refractivity contribution in [3.63, 3.8) is 0 Å². The number of hydrogen-bond donors (Lipinski definition) is 0. The Morgan fingerprint density at radius 3 is 2.19 bits per heavy atom. The Morgan fingerprint density at radius 1 is 1.15 bits per heavy atom. The van der Waals surface area contributed by atoms with Gasteiger partial charge in [-0.25, -0.2) is 0 Å². The minimum Gasteiger partial charge on any atom is -0.344 e. The van der Waals surface area contributed by atoms with Crippen molar-refractivity contribution in [2.24, 2.45) is 0 Å². The van der Waals surface area contributed by atoms with Crippen LogP contribution in [0.2, 0.25) is 0 Å². The lowest BCUT2D eigenvalue weighted by Gasteiger charge is -2.20. The molecule has 4 nitrogen and oxygen atoms in total. The molecular formula is C22H27N3O. The molecule has 1 amide bonds. The Bertz CT molecular complexity index is 885. The first-order valence-corrected chi connectivity index (χ1v) is 8.69. The number of aryl methyl sites for hydroxylation is 1. The van der Waals surface area contributed by atoms with Gasteiger partial charge in [0, 0.05) is 31.2 Å². The molecule has 0 aliphatic heterocycles. The van der Waals surface area contributed by atoms with E-state index in [0.717, 1.165) is 22.6 Å². The molecule has 26 heavy (non-hydrogen) atoms. The van der Waals surface area contributed by atoms with Crippen LogP contribution < -0.4 is 0 Å². The van der Waals surface area contributed by atoms with Gasteiger partial charge in [0.25, 0.3) is 5.91 Å². The molecule has 0 aliphatic rings. The summed E-state index contributed by atoms with van der Waals surface area (Å²) in [7, 11) is 3.29. The minimum absolute atomic E-state index is 0.113. The predicted octanol–water partition coefficient (Wildman–Crippen LogP) is 4.39. The van der Waals surface area contributed by atoms with E-state index in [4.69, 9.17) is 0 Å². The average Bonchev–Trinajstić information content (AvgIpc) is 2.85. The number of hydrogen-bond acceptors (Lipinski definition) is 2. The summed E-state index contributed by atoms with van der Waals surface area (Å²) in [5, 5.41) is 9.32. The Kier molecular flexibility index (Phi) is 5.41. The van der Waals surface area contributed by atoms with E-state index < -0.39 is 0 Å². The third kappa shape index (κ3) is 3.88. The predicted molar refractivity (Wildman–Crippen MR) is 106 cm³/mol.